The molecule has 4 heteroatoms. The van der Waals surface area contributed by atoms with Crippen molar-refractivity contribution < 1.29 is 0 Å². The molecule has 37 heavy (non-hydrogen) atoms. The number of hydrogen-bond acceptors (Lipinski definition) is 4. The lowest BCUT2D eigenvalue weighted by molar-refractivity contribution is 1.03. The minimum absolute atomic E-state index is 0.828. The lowest BCUT2D eigenvalue weighted by Gasteiger charge is -2.13. The largest absolute Gasteiger partial charge is 0.344 e. The molecule has 0 atom stereocenters. The molecule has 3 aromatic rings. The molecule has 0 amide bonds. The molecule has 3 rings (SSSR count). The van der Waals surface area contributed by atoms with E-state index >= 15 is 0 Å². The van der Waals surface area contributed by atoms with Crippen molar-refractivity contribution in [2.45, 2.75) is 80.6 Å². The van der Waals surface area contributed by atoms with Crippen molar-refractivity contribution in [3.8, 4) is 11.1 Å². The van der Waals surface area contributed by atoms with E-state index in [1.54, 1.807) is 6.20 Å². The Morgan fingerprint density at radius 2 is 1.68 bits per heavy atom. The summed E-state index contributed by atoms with van der Waals surface area (Å²) in [5.74, 6) is 0.871. The summed E-state index contributed by atoms with van der Waals surface area (Å²) < 4.78 is 0. The Labute approximate surface area is 224 Å². The van der Waals surface area contributed by atoms with Gasteiger partial charge < -0.3 is 5.32 Å². The number of aryl methyl sites for hydroxylation is 1. The molecule has 0 spiro atoms. The van der Waals surface area contributed by atoms with Gasteiger partial charge in [0.15, 0.2) is 0 Å². The minimum atomic E-state index is 0.828. The fourth-order valence-corrected chi connectivity index (χ4v) is 3.84. The lowest BCUT2D eigenvalue weighted by atomic mass is 9.98. The van der Waals surface area contributed by atoms with Crippen LogP contribution < -0.4 is 5.32 Å². The van der Waals surface area contributed by atoms with E-state index in [0.717, 1.165) is 42.8 Å². The van der Waals surface area contributed by atoms with Crippen molar-refractivity contribution in [3.63, 3.8) is 0 Å². The first-order valence-corrected chi connectivity index (χ1v) is 13.6. The number of anilines is 1. The maximum Gasteiger partial charge on any atom is 0.130 e. The van der Waals surface area contributed by atoms with Crippen LogP contribution in [-0.2, 0) is 6.42 Å². The zero-order valence-electron chi connectivity index (χ0n) is 23.8. The highest BCUT2D eigenvalue weighted by Crippen LogP contribution is 2.25. The first-order valence-electron chi connectivity index (χ1n) is 13.6. The van der Waals surface area contributed by atoms with Crippen LogP contribution in [0.25, 0.3) is 16.7 Å². The van der Waals surface area contributed by atoms with Gasteiger partial charge in [0.1, 0.15) is 5.82 Å². The van der Waals surface area contributed by atoms with E-state index in [1.165, 1.54) is 39.8 Å². The summed E-state index contributed by atoms with van der Waals surface area (Å²) in [4.78, 5) is 4.70. The monoisotopic (exact) mass is 496 g/mol. The molecule has 2 aromatic heterocycles. The molecule has 0 unspecified atom stereocenters. The molecule has 0 radical (unpaired) electrons. The molecule has 0 bridgehead atoms. The Morgan fingerprint density at radius 3 is 2.24 bits per heavy atom. The van der Waals surface area contributed by atoms with Crippen molar-refractivity contribution in [1.82, 2.24) is 15.2 Å². The number of benzene rings is 1. The predicted molar refractivity (Wildman–Crippen MR) is 160 cm³/mol. The molecular formula is C33H44N4. The topological polar surface area (TPSA) is 50.7 Å². The summed E-state index contributed by atoms with van der Waals surface area (Å²) in [7, 11) is 0. The third kappa shape index (κ3) is 9.80. The highest BCUT2D eigenvalue weighted by Gasteiger charge is 2.07. The minimum Gasteiger partial charge on any atom is -0.344 e. The predicted octanol–water partition coefficient (Wildman–Crippen LogP) is 9.36. The summed E-state index contributed by atoms with van der Waals surface area (Å²) in [5, 5.41) is 11.4. The smallest absolute Gasteiger partial charge is 0.130 e. The standard InChI is InChI=1S/C30H36N4.C3H8/c1-6-9-28(19-24-11-14-29(23(5)18-24)27-16-17-32-33-21-27)34-30-15-13-26(20-31-30)25(8-3)12-10-22(4)7-2;1-3-2/h9-18,20-21H,6-8,19H2,1-5H3,(H,31,34);3H2,1-2H3/b22-10+,25-12+,28-9-;. The van der Waals surface area contributed by atoms with Gasteiger partial charge in [0, 0.05) is 23.9 Å². The summed E-state index contributed by atoms with van der Waals surface area (Å²) in [5.41, 5.74) is 9.79. The SMILES string of the molecule is CC/C=C(/Cc1ccc(-c2ccnnc2)c(C)c1)Nc1ccc(/C(=C/C=C(\C)CC)CC)cn1.CCC. The highest BCUT2D eigenvalue weighted by atomic mass is 15.1. The van der Waals surface area contributed by atoms with E-state index in [1.807, 2.05) is 18.5 Å². The van der Waals surface area contributed by atoms with Crippen molar-refractivity contribution >= 4 is 11.4 Å². The molecule has 2 heterocycles. The first kappa shape index (κ1) is 29.7. The number of aromatic nitrogens is 3. The van der Waals surface area contributed by atoms with Crippen LogP contribution in [0, 0.1) is 6.92 Å². The Kier molecular flexibility index (Phi) is 13.1. The molecule has 0 aliphatic heterocycles. The molecule has 0 saturated heterocycles. The van der Waals surface area contributed by atoms with Crippen LogP contribution in [0.4, 0.5) is 5.82 Å². The van der Waals surface area contributed by atoms with Crippen molar-refractivity contribution in [2.75, 3.05) is 5.32 Å². The number of allylic oxidation sites excluding steroid dienone is 6. The fourth-order valence-electron chi connectivity index (χ4n) is 3.84. The van der Waals surface area contributed by atoms with Gasteiger partial charge in [-0.3, -0.25) is 0 Å². The molecule has 0 saturated carbocycles. The fraction of sp³-hybridized carbons (Fsp3) is 0.364. The maximum absolute atomic E-state index is 4.70. The van der Waals surface area contributed by atoms with Crippen LogP contribution >= 0.6 is 0 Å². The zero-order chi connectivity index (χ0) is 27.0. The average Bonchev–Trinajstić information content (AvgIpc) is 2.91. The van der Waals surface area contributed by atoms with Crippen LogP contribution in [-0.4, -0.2) is 15.2 Å². The molecule has 4 nitrogen and oxygen atoms in total. The van der Waals surface area contributed by atoms with E-state index < -0.39 is 0 Å². The average molecular weight is 497 g/mol. The molecule has 0 fully saturated rings. The van der Waals surface area contributed by atoms with E-state index in [9.17, 15) is 0 Å². The first-order chi connectivity index (χ1) is 17.9. The quantitative estimate of drug-likeness (QED) is 0.284. The lowest BCUT2D eigenvalue weighted by Crippen LogP contribution is -2.05. The summed E-state index contributed by atoms with van der Waals surface area (Å²) in [6.07, 6.45) is 17.3. The summed E-state index contributed by atoms with van der Waals surface area (Å²) in [6, 6.07) is 12.8. The van der Waals surface area contributed by atoms with Gasteiger partial charge in [0.05, 0.1) is 12.4 Å². The number of rotatable bonds is 10. The van der Waals surface area contributed by atoms with E-state index in [2.05, 4.69) is 113 Å². The zero-order valence-corrected chi connectivity index (χ0v) is 23.8. The summed E-state index contributed by atoms with van der Waals surface area (Å²) >= 11 is 0. The molecule has 196 valence electrons. The van der Waals surface area contributed by atoms with Crippen molar-refractivity contribution in [1.29, 1.82) is 0 Å². The molecule has 0 aliphatic rings. The molecule has 1 aromatic carbocycles. The Balaban J connectivity index is 0.00000153. The van der Waals surface area contributed by atoms with Gasteiger partial charge in [-0.1, -0.05) is 83.0 Å². The molecule has 0 aliphatic carbocycles. The highest BCUT2D eigenvalue weighted by molar-refractivity contribution is 5.68. The van der Waals surface area contributed by atoms with E-state index in [4.69, 9.17) is 4.98 Å². The Morgan fingerprint density at radius 1 is 0.892 bits per heavy atom. The number of nitrogens with zero attached hydrogens (tertiary/aromatic N) is 3. The van der Waals surface area contributed by atoms with Crippen molar-refractivity contribution in [3.05, 3.63) is 101 Å². The van der Waals surface area contributed by atoms with Crippen LogP contribution in [0.15, 0.2) is 84.5 Å². The number of pyridine rings is 1. The summed E-state index contributed by atoms with van der Waals surface area (Å²) in [6.45, 7) is 15.1. The van der Waals surface area contributed by atoms with Gasteiger partial charge >= 0.3 is 0 Å². The van der Waals surface area contributed by atoms with Gasteiger partial charge in [-0.15, -0.1) is 0 Å². The van der Waals surface area contributed by atoms with Gasteiger partial charge in [-0.25, -0.2) is 4.98 Å². The second-order valence-corrected chi connectivity index (χ2v) is 9.27. The van der Waals surface area contributed by atoms with Crippen LogP contribution in [0.3, 0.4) is 0 Å². The molecular weight excluding hydrogens is 452 g/mol. The number of hydrogen-bond donors (Lipinski definition) is 1. The maximum atomic E-state index is 4.70. The second kappa shape index (κ2) is 16.3. The van der Waals surface area contributed by atoms with Gasteiger partial charge in [0.2, 0.25) is 0 Å². The van der Waals surface area contributed by atoms with Gasteiger partial charge in [-0.05, 0) is 79.1 Å². The van der Waals surface area contributed by atoms with Gasteiger partial charge in [-0.2, -0.15) is 10.2 Å². The second-order valence-electron chi connectivity index (χ2n) is 9.27. The van der Waals surface area contributed by atoms with Crippen LogP contribution in [0.5, 0.6) is 0 Å². The van der Waals surface area contributed by atoms with Crippen LogP contribution in [0.1, 0.15) is 83.9 Å². The van der Waals surface area contributed by atoms with E-state index in [0.29, 0.717) is 0 Å². The normalized spacial score (nSPS) is 12.1. The number of nitrogens with one attached hydrogen (secondary N) is 1. The van der Waals surface area contributed by atoms with Crippen LogP contribution in [0.2, 0.25) is 0 Å². The Hall–Kier alpha value is -3.53. The third-order valence-electron chi connectivity index (χ3n) is 5.96. The van der Waals surface area contributed by atoms with Crippen molar-refractivity contribution in [2.24, 2.45) is 0 Å². The third-order valence-corrected chi connectivity index (χ3v) is 5.96. The van der Waals surface area contributed by atoms with Gasteiger partial charge in [0.25, 0.3) is 0 Å². The Bertz CT molecular complexity index is 1170. The molecule has 1 N–H and O–H groups in total. The van der Waals surface area contributed by atoms with E-state index in [-0.39, 0.29) is 0 Å².